The fourth-order valence-electron chi connectivity index (χ4n) is 3.03. The molecule has 16 nitrogen and oxygen atoms in total. The number of aliphatic hydroxyl groups excluding tert-OH is 1. The van der Waals surface area contributed by atoms with Crippen LogP contribution < -0.4 is 11.4 Å². The number of nitrogen functional groups attached to an aromatic ring is 1. The lowest BCUT2D eigenvalue weighted by molar-refractivity contribution is -0.0956. The SMILES string of the molecule is CCC[C@]1(COP(=O)(O)OP(=O)(O)OP(=O)(O)O)OC[C@@](Cl)(n2ccc(N)nc2=O)[C@@H]1O. The second kappa shape index (κ2) is 9.51. The largest absolute Gasteiger partial charge is 0.490 e. The van der Waals surface area contributed by atoms with Gasteiger partial charge in [0.05, 0.1) is 13.2 Å². The molecule has 2 rings (SSSR count). The van der Waals surface area contributed by atoms with Crippen molar-refractivity contribution in [3.05, 3.63) is 22.7 Å². The Kier molecular flexibility index (Phi) is 8.19. The summed E-state index contributed by atoms with van der Waals surface area (Å²) in [6, 6.07) is 1.24. The van der Waals surface area contributed by atoms with Gasteiger partial charge in [-0.05, 0) is 12.5 Å². The van der Waals surface area contributed by atoms with Crippen molar-refractivity contribution in [1.82, 2.24) is 9.55 Å². The number of aliphatic hydroxyl groups is 1. The summed E-state index contributed by atoms with van der Waals surface area (Å²) in [5, 5.41) is 10.9. The quantitative estimate of drug-likeness (QED) is 0.168. The molecule has 32 heavy (non-hydrogen) atoms. The van der Waals surface area contributed by atoms with Crippen LogP contribution in [0.4, 0.5) is 5.82 Å². The first-order chi connectivity index (χ1) is 14.5. The van der Waals surface area contributed by atoms with Crippen LogP contribution in [0.2, 0.25) is 0 Å². The summed E-state index contributed by atoms with van der Waals surface area (Å²) in [4.78, 5) is 49.8. The number of alkyl halides is 1. The molecule has 0 spiro atoms. The van der Waals surface area contributed by atoms with E-state index in [0.717, 1.165) is 10.8 Å². The van der Waals surface area contributed by atoms with Gasteiger partial charge in [0.1, 0.15) is 17.5 Å². The van der Waals surface area contributed by atoms with Gasteiger partial charge in [0.25, 0.3) is 0 Å². The van der Waals surface area contributed by atoms with Crippen molar-refractivity contribution in [2.24, 2.45) is 0 Å². The summed E-state index contributed by atoms with van der Waals surface area (Å²) >= 11 is 6.45. The first-order valence-corrected chi connectivity index (χ1v) is 13.5. The molecule has 7 N–H and O–H groups in total. The minimum atomic E-state index is -5.73. The van der Waals surface area contributed by atoms with Crippen molar-refractivity contribution in [3.8, 4) is 0 Å². The van der Waals surface area contributed by atoms with Crippen molar-refractivity contribution >= 4 is 40.9 Å². The Balaban J connectivity index is 2.26. The normalized spacial score (nSPS) is 30.0. The topological polar surface area (TPSA) is 250 Å². The van der Waals surface area contributed by atoms with Gasteiger partial charge in [0, 0.05) is 6.20 Å². The standard InChI is InChI=1S/C12H21ClN3O13P3/c1-2-4-11(6-27-31(22,23)29-32(24,25)28-30(19,20)21)9(17)12(13,7-26-11)16-5-3-8(14)15-10(16)18/h3,5,9,17H,2,4,6-7H2,1H3,(H,22,23)(H,24,25)(H2,14,15,18)(H2,19,20,21)/t9-,11-,12-/m1/s1. The number of ether oxygens (including phenoxy) is 1. The van der Waals surface area contributed by atoms with E-state index < -0.39 is 59.1 Å². The summed E-state index contributed by atoms with van der Waals surface area (Å²) in [5.41, 5.74) is 2.72. The number of hydrogen-bond donors (Lipinski definition) is 6. The molecule has 1 aromatic rings. The molecule has 1 aliphatic rings. The zero-order valence-electron chi connectivity index (χ0n) is 16.3. The van der Waals surface area contributed by atoms with E-state index in [9.17, 15) is 33.4 Å². The van der Waals surface area contributed by atoms with E-state index in [1.54, 1.807) is 6.92 Å². The smallest absolute Gasteiger partial charge is 0.386 e. The van der Waals surface area contributed by atoms with Gasteiger partial charge in [-0.3, -0.25) is 9.09 Å². The van der Waals surface area contributed by atoms with E-state index in [1.807, 2.05) is 0 Å². The highest BCUT2D eigenvalue weighted by molar-refractivity contribution is 7.66. The molecule has 20 heteroatoms. The van der Waals surface area contributed by atoms with Gasteiger partial charge in [-0.2, -0.15) is 13.6 Å². The highest BCUT2D eigenvalue weighted by atomic mass is 35.5. The maximum absolute atomic E-state index is 12.2. The van der Waals surface area contributed by atoms with Crippen LogP contribution in [0.1, 0.15) is 19.8 Å². The maximum atomic E-state index is 12.2. The first-order valence-electron chi connectivity index (χ1n) is 8.60. The molecule has 0 aromatic carbocycles. The maximum Gasteiger partial charge on any atom is 0.490 e. The van der Waals surface area contributed by atoms with Crippen molar-refractivity contribution in [1.29, 1.82) is 0 Å². The minimum absolute atomic E-state index is 0.0322. The van der Waals surface area contributed by atoms with Crippen molar-refractivity contribution in [2.75, 3.05) is 18.9 Å². The summed E-state index contributed by atoms with van der Waals surface area (Å²) in [7, 11) is -16.8. The number of rotatable bonds is 10. The lowest BCUT2D eigenvalue weighted by Gasteiger charge is -2.35. The molecule has 1 aliphatic heterocycles. The van der Waals surface area contributed by atoms with Gasteiger partial charge in [-0.25, -0.2) is 18.5 Å². The molecule has 0 bridgehead atoms. The number of halogens is 1. The Hall–Kier alpha value is -0.700. The second-order valence-corrected chi connectivity index (χ2v) is 11.8. The number of aromatic nitrogens is 2. The van der Waals surface area contributed by atoms with Crippen LogP contribution in [-0.2, 0) is 36.6 Å². The molecule has 184 valence electrons. The molecule has 1 fully saturated rings. The van der Waals surface area contributed by atoms with Gasteiger partial charge in [-0.1, -0.05) is 24.9 Å². The molecule has 1 saturated heterocycles. The molecule has 0 saturated carbocycles. The van der Waals surface area contributed by atoms with E-state index in [1.165, 1.54) is 6.07 Å². The molecule has 1 aromatic heterocycles. The van der Waals surface area contributed by atoms with Crippen LogP contribution in [0.25, 0.3) is 0 Å². The summed E-state index contributed by atoms with van der Waals surface area (Å²) in [6.45, 7) is 0.228. The van der Waals surface area contributed by atoms with Crippen LogP contribution >= 0.6 is 35.1 Å². The van der Waals surface area contributed by atoms with Crippen LogP contribution in [0.5, 0.6) is 0 Å². The van der Waals surface area contributed by atoms with Crippen LogP contribution in [0, 0.1) is 0 Å². The lowest BCUT2D eigenvalue weighted by Crippen LogP contribution is -2.53. The van der Waals surface area contributed by atoms with Gasteiger partial charge in [-0.15, -0.1) is 0 Å². The van der Waals surface area contributed by atoms with E-state index in [2.05, 4.69) is 18.1 Å². The Morgan fingerprint density at radius 1 is 1.28 bits per heavy atom. The number of phosphoric ester groups is 1. The summed E-state index contributed by atoms with van der Waals surface area (Å²) in [5.74, 6) is -0.104. The van der Waals surface area contributed by atoms with Crippen molar-refractivity contribution < 1.29 is 56.3 Å². The predicted molar refractivity (Wildman–Crippen MR) is 106 cm³/mol. The van der Waals surface area contributed by atoms with E-state index in [4.69, 9.17) is 31.9 Å². The van der Waals surface area contributed by atoms with E-state index in [-0.39, 0.29) is 12.2 Å². The number of nitrogens with two attached hydrogens (primary N) is 1. The molecule has 0 amide bonds. The Labute approximate surface area is 185 Å². The molecule has 5 atom stereocenters. The highest BCUT2D eigenvalue weighted by Gasteiger charge is 2.59. The number of anilines is 1. The van der Waals surface area contributed by atoms with Crippen molar-refractivity contribution in [2.45, 2.75) is 36.5 Å². The van der Waals surface area contributed by atoms with Gasteiger partial charge in [0.2, 0.25) is 0 Å². The van der Waals surface area contributed by atoms with Gasteiger partial charge in [0.15, 0.2) is 5.00 Å². The fraction of sp³-hybridized carbons (Fsp3) is 0.667. The van der Waals surface area contributed by atoms with E-state index >= 15 is 0 Å². The minimum Gasteiger partial charge on any atom is -0.386 e. The van der Waals surface area contributed by atoms with E-state index in [0.29, 0.717) is 6.42 Å². The van der Waals surface area contributed by atoms with Crippen LogP contribution in [0.15, 0.2) is 17.1 Å². The summed E-state index contributed by atoms with van der Waals surface area (Å²) < 4.78 is 52.5. The highest BCUT2D eigenvalue weighted by Crippen LogP contribution is 2.66. The number of phosphoric acid groups is 3. The molecule has 0 radical (unpaired) electrons. The number of nitrogens with zero attached hydrogens (tertiary/aromatic N) is 2. The third-order valence-corrected chi connectivity index (χ3v) is 8.55. The average Bonchev–Trinajstić information content (AvgIpc) is 2.84. The third-order valence-electron chi connectivity index (χ3n) is 4.27. The van der Waals surface area contributed by atoms with Crippen LogP contribution in [-0.4, -0.2) is 59.2 Å². The fourth-order valence-corrected chi connectivity index (χ4v) is 6.48. The van der Waals surface area contributed by atoms with Crippen LogP contribution in [0.3, 0.4) is 0 Å². The molecule has 0 aliphatic carbocycles. The van der Waals surface area contributed by atoms with Gasteiger partial charge < -0.3 is 35.2 Å². The third kappa shape index (κ3) is 6.45. The second-order valence-electron chi connectivity index (χ2n) is 6.69. The molecular formula is C12H21ClN3O13P3. The molecule has 2 unspecified atom stereocenters. The predicted octanol–water partition coefficient (Wildman–Crippen LogP) is -0.00960. The Morgan fingerprint density at radius 2 is 1.91 bits per heavy atom. The average molecular weight is 544 g/mol. The van der Waals surface area contributed by atoms with Gasteiger partial charge >= 0.3 is 29.2 Å². The zero-order valence-corrected chi connectivity index (χ0v) is 19.7. The lowest BCUT2D eigenvalue weighted by atomic mass is 9.90. The van der Waals surface area contributed by atoms with Crippen molar-refractivity contribution in [3.63, 3.8) is 0 Å². The first kappa shape index (κ1) is 27.5. The monoisotopic (exact) mass is 543 g/mol. The Morgan fingerprint density at radius 3 is 2.44 bits per heavy atom. The number of hydrogen-bond acceptors (Lipinski definition) is 11. The molecule has 2 heterocycles. The molecular weight excluding hydrogens is 523 g/mol. The Bertz CT molecular complexity index is 1050. The summed E-state index contributed by atoms with van der Waals surface area (Å²) in [6.07, 6.45) is -0.296. The zero-order chi connectivity index (χ0) is 24.6.